The van der Waals surface area contributed by atoms with Gasteiger partial charge in [0.15, 0.2) is 5.60 Å². The lowest BCUT2D eigenvalue weighted by molar-refractivity contribution is -0.0944. The van der Waals surface area contributed by atoms with Crippen LogP contribution in [0, 0.1) is 0 Å². The normalized spacial score (nSPS) is 21.0. The predicted molar refractivity (Wildman–Crippen MR) is 106 cm³/mol. The SMILES string of the molecule is CCc1cc(OC(CC)C2(OC)CC(CNC)=CC=C2OC)ccc1N. The lowest BCUT2D eigenvalue weighted by Gasteiger charge is -2.42. The van der Waals surface area contributed by atoms with E-state index in [2.05, 4.69) is 25.2 Å². The van der Waals surface area contributed by atoms with Crippen molar-refractivity contribution in [3.63, 3.8) is 0 Å². The van der Waals surface area contributed by atoms with Crippen molar-refractivity contribution in [1.29, 1.82) is 0 Å². The summed E-state index contributed by atoms with van der Waals surface area (Å²) in [6.45, 7) is 4.99. The molecule has 5 nitrogen and oxygen atoms in total. The van der Waals surface area contributed by atoms with E-state index in [0.29, 0.717) is 0 Å². The second-order valence-electron chi connectivity index (χ2n) is 6.59. The number of likely N-dealkylation sites (N-methyl/N-ethyl adjacent to an activating group) is 1. The highest BCUT2D eigenvalue weighted by atomic mass is 16.6. The summed E-state index contributed by atoms with van der Waals surface area (Å²) in [5, 5.41) is 3.21. The van der Waals surface area contributed by atoms with E-state index in [1.165, 1.54) is 5.57 Å². The van der Waals surface area contributed by atoms with Crippen LogP contribution in [0.25, 0.3) is 0 Å². The first-order valence-electron chi connectivity index (χ1n) is 9.23. The third kappa shape index (κ3) is 4.05. The van der Waals surface area contributed by atoms with Gasteiger partial charge in [0.1, 0.15) is 17.6 Å². The fourth-order valence-electron chi connectivity index (χ4n) is 3.62. The average molecular weight is 360 g/mol. The number of anilines is 1. The lowest BCUT2D eigenvalue weighted by Crippen LogP contribution is -2.51. The third-order valence-corrected chi connectivity index (χ3v) is 5.03. The molecule has 2 unspecified atom stereocenters. The molecule has 0 fully saturated rings. The molecule has 144 valence electrons. The number of rotatable bonds is 9. The topological polar surface area (TPSA) is 65.7 Å². The second kappa shape index (κ2) is 9.10. The van der Waals surface area contributed by atoms with Crippen molar-refractivity contribution in [2.45, 2.75) is 44.8 Å². The highest BCUT2D eigenvalue weighted by molar-refractivity contribution is 5.50. The molecule has 2 atom stereocenters. The van der Waals surface area contributed by atoms with Gasteiger partial charge in [-0.05, 0) is 49.7 Å². The molecular weight excluding hydrogens is 328 g/mol. The summed E-state index contributed by atoms with van der Waals surface area (Å²) in [7, 11) is 5.35. The molecule has 0 bridgehead atoms. The fraction of sp³-hybridized carbons (Fsp3) is 0.524. The maximum absolute atomic E-state index is 6.40. The van der Waals surface area contributed by atoms with Gasteiger partial charge in [0.25, 0.3) is 0 Å². The Labute approximate surface area is 157 Å². The molecule has 1 aliphatic carbocycles. The van der Waals surface area contributed by atoms with Gasteiger partial charge in [0.2, 0.25) is 0 Å². The molecular formula is C21H32N2O3. The number of nitrogen functional groups attached to an aromatic ring is 1. The van der Waals surface area contributed by atoms with Gasteiger partial charge < -0.3 is 25.3 Å². The number of hydrogen-bond donors (Lipinski definition) is 2. The average Bonchev–Trinajstić information content (AvgIpc) is 2.67. The molecule has 0 spiro atoms. The summed E-state index contributed by atoms with van der Waals surface area (Å²) in [6.07, 6.45) is 6.27. The molecule has 0 heterocycles. The predicted octanol–water partition coefficient (Wildman–Crippen LogP) is 3.45. The first-order valence-corrected chi connectivity index (χ1v) is 9.23. The minimum Gasteiger partial charge on any atom is -0.498 e. The van der Waals surface area contributed by atoms with Crippen molar-refractivity contribution < 1.29 is 14.2 Å². The molecule has 0 amide bonds. The number of ether oxygens (including phenoxy) is 3. The molecule has 0 aromatic heterocycles. The van der Waals surface area contributed by atoms with E-state index in [1.807, 2.05) is 31.3 Å². The number of nitrogens with one attached hydrogen (secondary N) is 1. The minimum absolute atomic E-state index is 0.187. The molecule has 2 rings (SSSR count). The maximum atomic E-state index is 6.40. The first kappa shape index (κ1) is 20.3. The lowest BCUT2D eigenvalue weighted by atomic mass is 9.81. The van der Waals surface area contributed by atoms with Crippen LogP contribution in [0.15, 0.2) is 41.7 Å². The van der Waals surface area contributed by atoms with Crippen LogP contribution in [0.3, 0.4) is 0 Å². The zero-order chi connectivity index (χ0) is 19.2. The van der Waals surface area contributed by atoms with Crippen molar-refractivity contribution in [3.05, 3.63) is 47.2 Å². The van der Waals surface area contributed by atoms with Gasteiger partial charge in [-0.1, -0.05) is 25.5 Å². The Balaban J connectivity index is 2.35. The van der Waals surface area contributed by atoms with Crippen molar-refractivity contribution in [1.82, 2.24) is 5.32 Å². The van der Waals surface area contributed by atoms with Gasteiger partial charge in [0.05, 0.1) is 7.11 Å². The van der Waals surface area contributed by atoms with Crippen molar-refractivity contribution in [2.24, 2.45) is 0 Å². The minimum atomic E-state index is -0.655. The van der Waals surface area contributed by atoms with Crippen molar-refractivity contribution in [3.8, 4) is 5.75 Å². The van der Waals surface area contributed by atoms with E-state index in [-0.39, 0.29) is 6.10 Å². The van der Waals surface area contributed by atoms with E-state index < -0.39 is 5.60 Å². The number of benzene rings is 1. The van der Waals surface area contributed by atoms with Crippen LogP contribution < -0.4 is 15.8 Å². The third-order valence-electron chi connectivity index (χ3n) is 5.03. The molecule has 0 radical (unpaired) electrons. The monoisotopic (exact) mass is 360 g/mol. The molecule has 1 aromatic rings. The number of aryl methyl sites for hydroxylation is 1. The van der Waals surface area contributed by atoms with Gasteiger partial charge in [-0.25, -0.2) is 0 Å². The summed E-state index contributed by atoms with van der Waals surface area (Å²) in [5.74, 6) is 1.59. The number of hydrogen-bond acceptors (Lipinski definition) is 5. The smallest absolute Gasteiger partial charge is 0.165 e. The summed E-state index contributed by atoms with van der Waals surface area (Å²) in [6, 6.07) is 5.84. The molecule has 3 N–H and O–H groups in total. The highest BCUT2D eigenvalue weighted by Gasteiger charge is 2.46. The van der Waals surface area contributed by atoms with Gasteiger partial charge in [0, 0.05) is 25.8 Å². The zero-order valence-corrected chi connectivity index (χ0v) is 16.6. The Hall–Kier alpha value is -1.98. The van der Waals surface area contributed by atoms with Crippen LogP contribution in [0.5, 0.6) is 5.75 Å². The molecule has 0 aliphatic heterocycles. The Morgan fingerprint density at radius 1 is 1.23 bits per heavy atom. The van der Waals surface area contributed by atoms with Crippen molar-refractivity contribution >= 4 is 5.69 Å². The number of nitrogens with two attached hydrogens (primary N) is 1. The summed E-state index contributed by atoms with van der Waals surface area (Å²) < 4.78 is 18.1. The quantitative estimate of drug-likeness (QED) is 0.660. The Bertz CT molecular complexity index is 669. The Kier molecular flexibility index (Phi) is 7.12. The van der Waals surface area contributed by atoms with E-state index >= 15 is 0 Å². The molecule has 1 aliphatic rings. The summed E-state index contributed by atoms with van der Waals surface area (Å²) >= 11 is 0. The summed E-state index contributed by atoms with van der Waals surface area (Å²) in [4.78, 5) is 0. The van der Waals surface area contributed by atoms with Crippen LogP contribution in [-0.2, 0) is 15.9 Å². The van der Waals surface area contributed by atoms with Crippen LogP contribution in [-0.4, -0.2) is 39.5 Å². The van der Waals surface area contributed by atoms with E-state index in [4.69, 9.17) is 19.9 Å². The van der Waals surface area contributed by atoms with Gasteiger partial charge in [-0.2, -0.15) is 0 Å². The molecule has 5 heteroatoms. The standard InChI is InChI=1S/C21H32N2O3/c1-6-16-12-17(9-10-18(16)22)26-19(7-2)21(25-5)13-15(14-23-3)8-11-20(21)24-4/h8-12,19,23H,6-7,13-14,22H2,1-5H3. The Morgan fingerprint density at radius 3 is 2.58 bits per heavy atom. The Morgan fingerprint density at radius 2 is 2.00 bits per heavy atom. The first-order chi connectivity index (χ1) is 12.5. The van der Waals surface area contributed by atoms with Gasteiger partial charge in [-0.3, -0.25) is 0 Å². The summed E-state index contributed by atoms with van der Waals surface area (Å²) in [5.41, 5.74) is 8.51. The highest BCUT2D eigenvalue weighted by Crippen LogP contribution is 2.39. The molecule has 0 saturated carbocycles. The largest absolute Gasteiger partial charge is 0.498 e. The fourth-order valence-corrected chi connectivity index (χ4v) is 3.62. The van der Waals surface area contributed by atoms with Crippen LogP contribution in [0.1, 0.15) is 32.3 Å². The van der Waals surface area contributed by atoms with Crippen molar-refractivity contribution in [2.75, 3.05) is 33.5 Å². The van der Waals surface area contributed by atoms with Crippen LogP contribution in [0.4, 0.5) is 5.69 Å². The maximum Gasteiger partial charge on any atom is 0.165 e. The molecule has 0 saturated heterocycles. The second-order valence-corrected chi connectivity index (χ2v) is 6.59. The van der Waals surface area contributed by atoms with Crippen LogP contribution >= 0.6 is 0 Å². The molecule has 1 aromatic carbocycles. The molecule has 26 heavy (non-hydrogen) atoms. The van der Waals surface area contributed by atoms with Gasteiger partial charge >= 0.3 is 0 Å². The zero-order valence-electron chi connectivity index (χ0n) is 16.6. The number of allylic oxidation sites excluding steroid dienone is 2. The van der Waals surface area contributed by atoms with E-state index in [9.17, 15) is 0 Å². The van der Waals surface area contributed by atoms with E-state index in [0.717, 1.165) is 48.6 Å². The van der Waals surface area contributed by atoms with Crippen LogP contribution in [0.2, 0.25) is 0 Å². The van der Waals surface area contributed by atoms with E-state index in [1.54, 1.807) is 14.2 Å². The number of methoxy groups -OCH3 is 2. The van der Waals surface area contributed by atoms with Gasteiger partial charge in [-0.15, -0.1) is 0 Å².